The Bertz CT molecular complexity index is 929. The minimum atomic E-state index is -3.72. The van der Waals surface area contributed by atoms with E-state index in [1.54, 1.807) is 55.5 Å². The van der Waals surface area contributed by atoms with Gasteiger partial charge < -0.3 is 10.1 Å². The van der Waals surface area contributed by atoms with Gasteiger partial charge in [-0.1, -0.05) is 37.2 Å². The molecule has 0 aliphatic carbocycles. The van der Waals surface area contributed by atoms with Crippen molar-refractivity contribution in [3.63, 3.8) is 0 Å². The Balaban J connectivity index is 2.25. The highest BCUT2D eigenvalue weighted by Crippen LogP contribution is 2.26. The molecule has 0 spiro atoms. The van der Waals surface area contributed by atoms with Crippen LogP contribution in [0.1, 0.15) is 13.3 Å². The maximum absolute atomic E-state index is 12.9. The lowest BCUT2D eigenvalue weighted by Gasteiger charge is -2.30. The number of carbonyl (C=O) groups is 1. The lowest BCUT2D eigenvalue weighted by Crippen LogP contribution is -2.47. The van der Waals surface area contributed by atoms with Crippen LogP contribution >= 0.6 is 11.6 Å². The molecule has 0 radical (unpaired) electrons. The second kappa shape index (κ2) is 9.61. The van der Waals surface area contributed by atoms with E-state index in [0.717, 1.165) is 10.6 Å². The molecule has 0 saturated carbocycles. The molecule has 0 heterocycles. The molecule has 0 saturated heterocycles. The summed E-state index contributed by atoms with van der Waals surface area (Å²) in [6.45, 7) is 5.71. The van der Waals surface area contributed by atoms with Crippen LogP contribution in [0.3, 0.4) is 0 Å². The Hall–Kier alpha value is -2.51. The zero-order valence-corrected chi connectivity index (χ0v) is 17.3. The van der Waals surface area contributed by atoms with Gasteiger partial charge in [-0.3, -0.25) is 9.10 Å². The summed E-state index contributed by atoms with van der Waals surface area (Å²) in [4.78, 5) is 12.9. The van der Waals surface area contributed by atoms with Gasteiger partial charge in [0.15, 0.2) is 0 Å². The quantitative estimate of drug-likeness (QED) is 0.617. The van der Waals surface area contributed by atoms with Gasteiger partial charge in [-0.25, -0.2) is 8.42 Å². The van der Waals surface area contributed by atoms with Crippen molar-refractivity contribution in [1.29, 1.82) is 0 Å². The largest absolute Gasteiger partial charge is 0.490 e. The van der Waals surface area contributed by atoms with Crippen molar-refractivity contribution in [2.24, 2.45) is 0 Å². The van der Waals surface area contributed by atoms with Crippen LogP contribution in [-0.2, 0) is 14.8 Å². The zero-order valence-electron chi connectivity index (χ0n) is 15.8. The minimum absolute atomic E-state index is 0.284. The molecule has 1 amide bonds. The molecule has 1 atom stereocenters. The van der Waals surface area contributed by atoms with E-state index >= 15 is 0 Å². The van der Waals surface area contributed by atoms with E-state index in [0.29, 0.717) is 28.8 Å². The molecular formula is C20H23ClN2O4S. The van der Waals surface area contributed by atoms with Crippen LogP contribution in [0.2, 0.25) is 5.02 Å². The third-order valence-corrected chi connectivity index (χ3v) is 5.30. The molecule has 0 aromatic heterocycles. The lowest BCUT2D eigenvalue weighted by molar-refractivity contribution is -0.117. The van der Waals surface area contributed by atoms with Crippen molar-refractivity contribution < 1.29 is 17.9 Å². The molecule has 0 unspecified atom stereocenters. The number of nitrogens with one attached hydrogen (secondary N) is 1. The summed E-state index contributed by atoms with van der Waals surface area (Å²) in [5.74, 6) is 0.203. The van der Waals surface area contributed by atoms with Gasteiger partial charge in [-0.05, 0) is 48.9 Å². The molecule has 28 heavy (non-hydrogen) atoms. The summed E-state index contributed by atoms with van der Waals surface area (Å²) in [6, 6.07) is 12.3. The van der Waals surface area contributed by atoms with E-state index in [1.165, 1.54) is 6.07 Å². The molecule has 0 aliphatic rings. The minimum Gasteiger partial charge on any atom is -0.490 e. The van der Waals surface area contributed by atoms with Crippen molar-refractivity contribution in [2.75, 3.05) is 22.5 Å². The average molecular weight is 423 g/mol. The van der Waals surface area contributed by atoms with E-state index < -0.39 is 22.0 Å². The van der Waals surface area contributed by atoms with E-state index in [1.807, 2.05) is 0 Å². The molecule has 0 bridgehead atoms. The Morgan fingerprint density at radius 3 is 2.50 bits per heavy atom. The molecule has 1 N–H and O–H groups in total. The number of anilines is 2. The highest BCUT2D eigenvalue weighted by molar-refractivity contribution is 7.92. The summed E-state index contributed by atoms with van der Waals surface area (Å²) in [7, 11) is -3.72. The van der Waals surface area contributed by atoms with E-state index in [4.69, 9.17) is 16.3 Å². The number of sulfonamides is 1. The van der Waals surface area contributed by atoms with Gasteiger partial charge >= 0.3 is 0 Å². The summed E-state index contributed by atoms with van der Waals surface area (Å²) in [5, 5.41) is 3.15. The van der Waals surface area contributed by atoms with Gasteiger partial charge in [0.25, 0.3) is 0 Å². The number of hydrogen-bond donors (Lipinski definition) is 1. The number of amides is 1. The van der Waals surface area contributed by atoms with Crippen LogP contribution in [-0.4, -0.2) is 33.2 Å². The second-order valence-corrected chi connectivity index (χ2v) is 8.37. The van der Waals surface area contributed by atoms with Gasteiger partial charge in [0.2, 0.25) is 15.9 Å². The Morgan fingerprint density at radius 2 is 1.96 bits per heavy atom. The lowest BCUT2D eigenvalue weighted by atomic mass is 10.1. The number of hydrogen-bond acceptors (Lipinski definition) is 4. The first-order valence-electron chi connectivity index (χ1n) is 8.66. The maximum Gasteiger partial charge on any atom is 0.248 e. The first-order chi connectivity index (χ1) is 13.3. The van der Waals surface area contributed by atoms with Crippen LogP contribution in [0.25, 0.3) is 0 Å². The highest BCUT2D eigenvalue weighted by Gasteiger charge is 2.31. The predicted molar refractivity (Wildman–Crippen MR) is 114 cm³/mol. The van der Waals surface area contributed by atoms with E-state index in [2.05, 4.69) is 11.9 Å². The van der Waals surface area contributed by atoms with E-state index in [9.17, 15) is 13.2 Å². The third-order valence-electron chi connectivity index (χ3n) is 3.88. The van der Waals surface area contributed by atoms with Crippen molar-refractivity contribution in [2.45, 2.75) is 19.4 Å². The highest BCUT2D eigenvalue weighted by atomic mass is 35.5. The smallest absolute Gasteiger partial charge is 0.248 e. The Kier molecular flexibility index (Phi) is 7.48. The number of carbonyl (C=O) groups excluding carboxylic acids is 1. The van der Waals surface area contributed by atoms with Gasteiger partial charge in [-0.15, -0.1) is 0 Å². The van der Waals surface area contributed by atoms with E-state index in [-0.39, 0.29) is 6.42 Å². The zero-order chi connectivity index (χ0) is 20.7. The van der Waals surface area contributed by atoms with Crippen molar-refractivity contribution in [3.8, 4) is 5.75 Å². The molecule has 2 aromatic carbocycles. The Morgan fingerprint density at radius 1 is 1.29 bits per heavy atom. The monoisotopic (exact) mass is 422 g/mol. The SMILES string of the molecule is C=CCOc1ccc(NC(=O)[C@H](CC)N(c2cccc(Cl)c2)S(C)(=O)=O)cc1. The predicted octanol–water partition coefficient (Wildman–Crippen LogP) is 4.09. The summed E-state index contributed by atoms with van der Waals surface area (Å²) < 4.78 is 31.3. The normalized spacial score (nSPS) is 12.1. The summed E-state index contributed by atoms with van der Waals surface area (Å²) in [5.41, 5.74) is 0.874. The second-order valence-electron chi connectivity index (χ2n) is 6.08. The first-order valence-corrected chi connectivity index (χ1v) is 10.9. The number of benzene rings is 2. The summed E-state index contributed by atoms with van der Waals surface area (Å²) in [6.07, 6.45) is 2.98. The van der Waals surface area contributed by atoms with Crippen LogP contribution in [0.4, 0.5) is 11.4 Å². The van der Waals surface area contributed by atoms with Crippen LogP contribution in [0.5, 0.6) is 5.75 Å². The molecule has 2 aromatic rings. The van der Waals surface area contributed by atoms with Crippen LogP contribution in [0, 0.1) is 0 Å². The number of halogens is 1. The Labute approximate surface area is 170 Å². The maximum atomic E-state index is 12.9. The number of nitrogens with zero attached hydrogens (tertiary/aromatic N) is 1. The molecule has 0 fully saturated rings. The van der Waals surface area contributed by atoms with Crippen molar-refractivity contribution in [1.82, 2.24) is 0 Å². The molecule has 150 valence electrons. The fourth-order valence-electron chi connectivity index (χ4n) is 2.69. The standard InChI is InChI=1S/C20H23ClN2O4S/c1-4-13-27-18-11-9-16(10-12-18)22-20(24)19(5-2)23(28(3,25)26)17-8-6-7-15(21)14-17/h4,6-12,14,19H,1,5,13H2,2-3H3,(H,22,24)/t19-/m0/s1. The average Bonchev–Trinajstić information content (AvgIpc) is 2.64. The fraction of sp³-hybridized carbons (Fsp3) is 0.250. The first kappa shape index (κ1) is 21.8. The molecule has 6 nitrogen and oxygen atoms in total. The molecular weight excluding hydrogens is 400 g/mol. The molecule has 2 rings (SSSR count). The summed E-state index contributed by atoms with van der Waals surface area (Å²) >= 11 is 6.01. The molecule has 8 heteroatoms. The van der Waals surface area contributed by atoms with Gasteiger partial charge in [-0.2, -0.15) is 0 Å². The topological polar surface area (TPSA) is 75.7 Å². The number of ether oxygens (including phenoxy) is 1. The van der Waals surface area contributed by atoms with Gasteiger partial charge in [0.05, 0.1) is 11.9 Å². The van der Waals surface area contributed by atoms with Crippen LogP contribution in [0.15, 0.2) is 61.2 Å². The molecule has 0 aliphatic heterocycles. The van der Waals surface area contributed by atoms with Gasteiger partial charge in [0, 0.05) is 10.7 Å². The van der Waals surface area contributed by atoms with Gasteiger partial charge in [0.1, 0.15) is 18.4 Å². The van der Waals surface area contributed by atoms with Crippen molar-refractivity contribution >= 4 is 38.9 Å². The van der Waals surface area contributed by atoms with Crippen LogP contribution < -0.4 is 14.4 Å². The van der Waals surface area contributed by atoms with Crippen molar-refractivity contribution in [3.05, 3.63) is 66.2 Å². The number of rotatable bonds is 9. The fourth-order valence-corrected chi connectivity index (χ4v) is 4.08. The third kappa shape index (κ3) is 5.74.